The molecule has 6 nitrogen and oxygen atoms in total. The molecule has 0 aliphatic carbocycles. The van der Waals surface area contributed by atoms with E-state index in [0.717, 1.165) is 34.0 Å². The maximum absolute atomic E-state index is 12.7. The zero-order valence-electron chi connectivity index (χ0n) is 16.5. The molecule has 1 N–H and O–H groups in total. The number of hydrogen-bond donors (Lipinski definition) is 1. The van der Waals surface area contributed by atoms with E-state index < -0.39 is 0 Å². The summed E-state index contributed by atoms with van der Waals surface area (Å²) in [7, 11) is 0. The lowest BCUT2D eigenvalue weighted by Crippen LogP contribution is -2.27. The van der Waals surface area contributed by atoms with Gasteiger partial charge in [-0.15, -0.1) is 0 Å². The summed E-state index contributed by atoms with van der Waals surface area (Å²) < 4.78 is 7.04. The Hall–Kier alpha value is -2.89. The van der Waals surface area contributed by atoms with Crippen molar-refractivity contribution in [2.24, 2.45) is 0 Å². The highest BCUT2D eigenvalue weighted by atomic mass is 16.5. The first-order chi connectivity index (χ1) is 12.8. The van der Waals surface area contributed by atoms with Crippen LogP contribution < -0.4 is 5.32 Å². The summed E-state index contributed by atoms with van der Waals surface area (Å²) in [6.45, 7) is 9.96. The lowest BCUT2D eigenvalue weighted by atomic mass is 10.1. The van der Waals surface area contributed by atoms with E-state index in [-0.39, 0.29) is 11.4 Å². The van der Waals surface area contributed by atoms with E-state index in [0.29, 0.717) is 12.8 Å². The van der Waals surface area contributed by atoms with Crippen LogP contribution in [0.3, 0.4) is 0 Å². The number of anilines is 1. The van der Waals surface area contributed by atoms with Gasteiger partial charge < -0.3 is 9.84 Å². The van der Waals surface area contributed by atoms with Gasteiger partial charge in [0.15, 0.2) is 0 Å². The molecule has 1 aromatic carbocycles. The van der Waals surface area contributed by atoms with Crippen molar-refractivity contribution in [2.45, 2.75) is 53.0 Å². The van der Waals surface area contributed by atoms with Crippen molar-refractivity contribution in [1.82, 2.24) is 14.9 Å². The Morgan fingerprint density at radius 3 is 2.48 bits per heavy atom. The van der Waals surface area contributed by atoms with Crippen molar-refractivity contribution in [3.63, 3.8) is 0 Å². The van der Waals surface area contributed by atoms with Gasteiger partial charge in [-0.2, -0.15) is 5.10 Å². The van der Waals surface area contributed by atoms with Crippen LogP contribution in [0.4, 0.5) is 5.82 Å². The fourth-order valence-corrected chi connectivity index (χ4v) is 3.10. The maximum atomic E-state index is 12.7. The van der Waals surface area contributed by atoms with Crippen LogP contribution in [0, 0.1) is 13.8 Å². The maximum Gasteiger partial charge on any atom is 0.225 e. The predicted octanol–water partition coefficient (Wildman–Crippen LogP) is 4.48. The smallest absolute Gasteiger partial charge is 0.225 e. The first-order valence-corrected chi connectivity index (χ1v) is 9.13. The van der Waals surface area contributed by atoms with E-state index in [1.165, 1.54) is 0 Å². The third-order valence-corrected chi connectivity index (χ3v) is 4.53. The molecule has 0 unspecified atom stereocenters. The number of rotatable bonds is 5. The summed E-state index contributed by atoms with van der Waals surface area (Å²) in [6.07, 6.45) is 2.76. The molecule has 142 valence electrons. The van der Waals surface area contributed by atoms with Crippen LogP contribution in [0.1, 0.15) is 44.2 Å². The SMILES string of the molecule is Cc1noc(C)c1CCC(=O)Nc1c(-c2ccccc2)cnn1C(C)(C)C. The fourth-order valence-electron chi connectivity index (χ4n) is 3.10. The molecule has 0 aliphatic rings. The number of nitrogens with one attached hydrogen (secondary N) is 1. The van der Waals surface area contributed by atoms with Crippen LogP contribution in [-0.2, 0) is 16.8 Å². The van der Waals surface area contributed by atoms with Gasteiger partial charge in [-0.05, 0) is 46.6 Å². The lowest BCUT2D eigenvalue weighted by molar-refractivity contribution is -0.116. The molecule has 0 saturated carbocycles. The summed E-state index contributed by atoms with van der Waals surface area (Å²) in [5, 5.41) is 11.6. The summed E-state index contributed by atoms with van der Waals surface area (Å²) in [6, 6.07) is 9.96. The van der Waals surface area contributed by atoms with Crippen LogP contribution in [-0.4, -0.2) is 20.8 Å². The molecule has 27 heavy (non-hydrogen) atoms. The van der Waals surface area contributed by atoms with Crippen molar-refractivity contribution >= 4 is 11.7 Å². The number of carbonyl (C=O) groups is 1. The van der Waals surface area contributed by atoms with Gasteiger partial charge >= 0.3 is 0 Å². The van der Waals surface area contributed by atoms with E-state index in [9.17, 15) is 4.79 Å². The molecule has 0 saturated heterocycles. The largest absolute Gasteiger partial charge is 0.361 e. The second-order valence-corrected chi connectivity index (χ2v) is 7.71. The van der Waals surface area contributed by atoms with Gasteiger partial charge in [0.25, 0.3) is 0 Å². The molecule has 0 radical (unpaired) electrons. The van der Waals surface area contributed by atoms with E-state index in [1.54, 1.807) is 0 Å². The second kappa shape index (κ2) is 7.39. The Bertz CT molecular complexity index is 913. The van der Waals surface area contributed by atoms with Gasteiger partial charge in [-0.25, -0.2) is 4.68 Å². The number of hydrogen-bond acceptors (Lipinski definition) is 4. The lowest BCUT2D eigenvalue weighted by Gasteiger charge is -2.23. The van der Waals surface area contributed by atoms with Gasteiger partial charge in [-0.1, -0.05) is 35.5 Å². The van der Waals surface area contributed by atoms with Crippen LogP contribution in [0.15, 0.2) is 41.1 Å². The van der Waals surface area contributed by atoms with Crippen molar-refractivity contribution in [2.75, 3.05) is 5.32 Å². The van der Waals surface area contributed by atoms with Crippen molar-refractivity contribution in [1.29, 1.82) is 0 Å². The van der Waals surface area contributed by atoms with Crippen molar-refractivity contribution < 1.29 is 9.32 Å². The van der Waals surface area contributed by atoms with Crippen LogP contribution in [0.5, 0.6) is 0 Å². The molecular weight excluding hydrogens is 340 g/mol. The Morgan fingerprint density at radius 2 is 1.89 bits per heavy atom. The topological polar surface area (TPSA) is 73.0 Å². The number of aryl methyl sites for hydroxylation is 2. The van der Waals surface area contributed by atoms with Crippen LogP contribution in [0.25, 0.3) is 11.1 Å². The molecule has 0 aliphatic heterocycles. The highest BCUT2D eigenvalue weighted by Crippen LogP contribution is 2.31. The average Bonchev–Trinajstić information content (AvgIpc) is 3.17. The van der Waals surface area contributed by atoms with Gasteiger partial charge in [0.05, 0.1) is 17.4 Å². The molecule has 0 bridgehead atoms. The Morgan fingerprint density at radius 1 is 1.19 bits per heavy atom. The first-order valence-electron chi connectivity index (χ1n) is 9.13. The minimum absolute atomic E-state index is 0.0572. The standard InChI is InChI=1S/C21H26N4O2/c1-14-17(15(2)27-24-14)11-12-19(26)23-20-18(16-9-7-6-8-10-16)13-22-25(20)21(3,4)5/h6-10,13H,11-12H2,1-5H3,(H,23,26). The number of aromatic nitrogens is 3. The average molecular weight is 366 g/mol. The van der Waals surface area contributed by atoms with E-state index in [4.69, 9.17) is 4.52 Å². The summed E-state index contributed by atoms with van der Waals surface area (Å²) in [5.74, 6) is 1.43. The van der Waals surface area contributed by atoms with E-state index in [1.807, 2.05) is 55.1 Å². The molecular formula is C21H26N4O2. The summed E-state index contributed by atoms with van der Waals surface area (Å²) >= 11 is 0. The zero-order valence-corrected chi connectivity index (χ0v) is 16.5. The number of amides is 1. The Kier molecular flexibility index (Phi) is 5.17. The predicted molar refractivity (Wildman–Crippen MR) is 106 cm³/mol. The van der Waals surface area contributed by atoms with E-state index in [2.05, 4.69) is 36.3 Å². The fraction of sp³-hybridized carbons (Fsp3) is 0.381. The third-order valence-electron chi connectivity index (χ3n) is 4.53. The number of carbonyl (C=O) groups excluding carboxylic acids is 1. The minimum Gasteiger partial charge on any atom is -0.361 e. The van der Waals surface area contributed by atoms with E-state index >= 15 is 0 Å². The quantitative estimate of drug-likeness (QED) is 0.722. The third kappa shape index (κ3) is 4.10. The monoisotopic (exact) mass is 366 g/mol. The Labute approximate surface area is 159 Å². The summed E-state index contributed by atoms with van der Waals surface area (Å²) in [5.41, 5.74) is 3.52. The molecule has 2 heterocycles. The molecule has 2 aromatic heterocycles. The first kappa shape index (κ1) is 18.9. The van der Waals surface area contributed by atoms with Crippen molar-refractivity contribution in [3.05, 3.63) is 53.5 Å². The normalized spacial score (nSPS) is 11.6. The summed E-state index contributed by atoms with van der Waals surface area (Å²) in [4.78, 5) is 12.7. The number of nitrogens with zero attached hydrogens (tertiary/aromatic N) is 3. The molecule has 0 fully saturated rings. The minimum atomic E-state index is -0.253. The highest BCUT2D eigenvalue weighted by Gasteiger charge is 2.23. The van der Waals surface area contributed by atoms with Gasteiger partial charge in [0.1, 0.15) is 11.6 Å². The second-order valence-electron chi connectivity index (χ2n) is 7.71. The molecule has 3 rings (SSSR count). The molecule has 0 spiro atoms. The van der Waals surface area contributed by atoms with Gasteiger partial charge in [0.2, 0.25) is 5.91 Å². The number of benzene rings is 1. The van der Waals surface area contributed by atoms with Gasteiger partial charge in [0, 0.05) is 17.5 Å². The van der Waals surface area contributed by atoms with Crippen molar-refractivity contribution in [3.8, 4) is 11.1 Å². The van der Waals surface area contributed by atoms with Crippen LogP contribution >= 0.6 is 0 Å². The highest BCUT2D eigenvalue weighted by molar-refractivity contribution is 5.94. The molecule has 6 heteroatoms. The Balaban J connectivity index is 1.84. The molecule has 0 atom stereocenters. The molecule has 1 amide bonds. The molecule has 3 aromatic rings. The zero-order chi connectivity index (χ0) is 19.6. The van der Waals surface area contributed by atoms with Crippen LogP contribution in [0.2, 0.25) is 0 Å². The van der Waals surface area contributed by atoms with Gasteiger partial charge in [-0.3, -0.25) is 4.79 Å².